The van der Waals surface area contributed by atoms with Crippen molar-refractivity contribution >= 4 is 40.9 Å². The molecule has 0 bridgehead atoms. The minimum Gasteiger partial charge on any atom is -0.454 e. The lowest BCUT2D eigenvalue weighted by Crippen LogP contribution is -2.36. The molecule has 1 aliphatic carbocycles. The standard InChI is InChI=1S/C26H16N2O7/c29-20(13-35-21(30)12-28-25(33)16-8-3-4-9-17(16)26(28)34)27-19-11-5-10-18-22(19)24(32)15-7-2-1-6-14(15)23(18)31/h1-11H,12-13H2,(H,27,29). The van der Waals surface area contributed by atoms with Crippen molar-refractivity contribution < 1.29 is 33.5 Å². The van der Waals surface area contributed by atoms with Crippen LogP contribution in [0.4, 0.5) is 5.69 Å². The van der Waals surface area contributed by atoms with Crippen molar-refractivity contribution in [1.82, 2.24) is 4.90 Å². The van der Waals surface area contributed by atoms with Crippen LogP contribution in [0.3, 0.4) is 0 Å². The van der Waals surface area contributed by atoms with Gasteiger partial charge < -0.3 is 10.1 Å². The van der Waals surface area contributed by atoms with Gasteiger partial charge in [0.1, 0.15) is 6.54 Å². The summed E-state index contributed by atoms with van der Waals surface area (Å²) in [6.45, 7) is -1.37. The largest absolute Gasteiger partial charge is 0.454 e. The number of esters is 1. The second-order valence-electron chi connectivity index (χ2n) is 7.88. The highest BCUT2D eigenvalue weighted by atomic mass is 16.5. The van der Waals surface area contributed by atoms with Crippen LogP contribution in [-0.4, -0.2) is 53.3 Å². The Labute approximate surface area is 198 Å². The summed E-state index contributed by atoms with van der Waals surface area (Å²) in [7, 11) is 0. The average Bonchev–Trinajstić information content (AvgIpc) is 3.11. The summed E-state index contributed by atoms with van der Waals surface area (Å²) in [6.07, 6.45) is 0. The fraction of sp³-hybridized carbons (Fsp3) is 0.0769. The molecule has 5 rings (SSSR count). The molecule has 2 aliphatic rings. The van der Waals surface area contributed by atoms with E-state index in [1.54, 1.807) is 30.3 Å². The van der Waals surface area contributed by atoms with Crippen LogP contribution in [0.15, 0.2) is 66.7 Å². The number of hydrogen-bond donors (Lipinski definition) is 1. The van der Waals surface area contributed by atoms with Gasteiger partial charge in [-0.1, -0.05) is 48.5 Å². The van der Waals surface area contributed by atoms with Gasteiger partial charge in [-0.05, 0) is 18.2 Å². The van der Waals surface area contributed by atoms with E-state index in [4.69, 9.17) is 4.74 Å². The van der Waals surface area contributed by atoms with Crippen LogP contribution < -0.4 is 5.32 Å². The van der Waals surface area contributed by atoms with Gasteiger partial charge in [0.15, 0.2) is 18.2 Å². The van der Waals surface area contributed by atoms with Crippen molar-refractivity contribution in [2.75, 3.05) is 18.5 Å². The number of rotatable bonds is 5. The second-order valence-corrected chi connectivity index (χ2v) is 7.88. The van der Waals surface area contributed by atoms with Crippen LogP contribution in [-0.2, 0) is 14.3 Å². The molecule has 3 aromatic carbocycles. The van der Waals surface area contributed by atoms with E-state index in [2.05, 4.69) is 5.32 Å². The Kier molecular flexibility index (Phi) is 5.29. The van der Waals surface area contributed by atoms with Crippen molar-refractivity contribution in [3.63, 3.8) is 0 Å². The minimum absolute atomic E-state index is 0.0573. The fourth-order valence-corrected chi connectivity index (χ4v) is 4.14. The van der Waals surface area contributed by atoms with Gasteiger partial charge in [0, 0.05) is 16.7 Å². The van der Waals surface area contributed by atoms with Crippen molar-refractivity contribution in [2.24, 2.45) is 0 Å². The number of carbonyl (C=O) groups excluding carboxylic acids is 6. The van der Waals surface area contributed by atoms with Crippen LogP contribution >= 0.6 is 0 Å². The van der Waals surface area contributed by atoms with E-state index >= 15 is 0 Å². The average molecular weight is 468 g/mol. The molecule has 172 valence electrons. The van der Waals surface area contributed by atoms with Gasteiger partial charge in [0.25, 0.3) is 17.7 Å². The number of fused-ring (bicyclic) bond motifs is 3. The summed E-state index contributed by atoms with van der Waals surface area (Å²) in [6, 6.07) is 17.1. The number of nitrogens with zero attached hydrogens (tertiary/aromatic N) is 1. The second kappa shape index (κ2) is 8.45. The molecule has 1 aliphatic heterocycles. The molecule has 0 fully saturated rings. The maximum absolute atomic E-state index is 13.0. The number of hydrogen-bond acceptors (Lipinski definition) is 7. The molecule has 1 heterocycles. The lowest BCUT2D eigenvalue weighted by Gasteiger charge is -2.20. The summed E-state index contributed by atoms with van der Waals surface area (Å²) in [4.78, 5) is 76.0. The molecule has 0 spiro atoms. The van der Waals surface area contributed by atoms with E-state index < -0.39 is 42.6 Å². The van der Waals surface area contributed by atoms with Crippen LogP contribution in [0.2, 0.25) is 0 Å². The Balaban J connectivity index is 1.25. The maximum atomic E-state index is 13.0. The molecular formula is C26H16N2O7. The van der Waals surface area contributed by atoms with E-state index in [-0.39, 0.29) is 44.9 Å². The number of ether oxygens (including phenoxy) is 1. The van der Waals surface area contributed by atoms with Crippen LogP contribution in [0.1, 0.15) is 52.6 Å². The Hall–Kier alpha value is -4.92. The number of nitrogens with one attached hydrogen (secondary N) is 1. The highest BCUT2D eigenvalue weighted by molar-refractivity contribution is 6.30. The first-order valence-corrected chi connectivity index (χ1v) is 10.6. The van der Waals surface area contributed by atoms with E-state index in [0.29, 0.717) is 0 Å². The fourth-order valence-electron chi connectivity index (χ4n) is 4.14. The molecule has 0 radical (unpaired) electrons. The Bertz CT molecular complexity index is 1440. The maximum Gasteiger partial charge on any atom is 0.326 e. The van der Waals surface area contributed by atoms with E-state index in [1.807, 2.05) is 0 Å². The van der Waals surface area contributed by atoms with Gasteiger partial charge in [-0.25, -0.2) is 0 Å². The highest BCUT2D eigenvalue weighted by Crippen LogP contribution is 2.32. The third-order valence-electron chi connectivity index (χ3n) is 5.76. The molecule has 9 nitrogen and oxygen atoms in total. The topological polar surface area (TPSA) is 127 Å². The highest BCUT2D eigenvalue weighted by Gasteiger charge is 2.37. The lowest BCUT2D eigenvalue weighted by molar-refractivity contribution is -0.147. The Morgan fingerprint density at radius 2 is 1.23 bits per heavy atom. The number of ketones is 2. The first kappa shape index (κ1) is 21.9. The SMILES string of the molecule is O=C(COC(=O)CN1C(=O)c2ccccc2C1=O)Nc1cccc2c1C(=O)c1ccccc1C2=O. The summed E-state index contributed by atoms with van der Waals surface area (Å²) in [5.74, 6) is -3.69. The molecule has 3 amide bonds. The van der Waals surface area contributed by atoms with Crippen molar-refractivity contribution in [3.8, 4) is 0 Å². The minimum atomic E-state index is -0.954. The molecule has 0 atom stereocenters. The van der Waals surface area contributed by atoms with Gasteiger partial charge in [-0.2, -0.15) is 0 Å². The number of benzene rings is 3. The molecule has 0 aromatic heterocycles. The first-order chi connectivity index (χ1) is 16.9. The summed E-state index contributed by atoms with van der Waals surface area (Å²) in [5.41, 5.74) is 1.23. The Morgan fingerprint density at radius 3 is 1.86 bits per heavy atom. The van der Waals surface area contributed by atoms with E-state index in [0.717, 1.165) is 4.90 Å². The smallest absolute Gasteiger partial charge is 0.326 e. The summed E-state index contributed by atoms with van der Waals surface area (Å²) < 4.78 is 4.93. The van der Waals surface area contributed by atoms with Gasteiger partial charge in [-0.15, -0.1) is 0 Å². The normalized spacial score (nSPS) is 13.8. The van der Waals surface area contributed by atoms with E-state index in [9.17, 15) is 28.8 Å². The van der Waals surface area contributed by atoms with Crippen molar-refractivity contribution in [2.45, 2.75) is 0 Å². The van der Waals surface area contributed by atoms with Gasteiger partial charge in [0.05, 0.1) is 22.4 Å². The zero-order chi connectivity index (χ0) is 24.7. The number of anilines is 1. The third kappa shape index (κ3) is 3.68. The predicted molar refractivity (Wildman–Crippen MR) is 121 cm³/mol. The first-order valence-electron chi connectivity index (χ1n) is 10.6. The molecule has 0 saturated carbocycles. The van der Waals surface area contributed by atoms with Crippen LogP contribution in [0, 0.1) is 0 Å². The van der Waals surface area contributed by atoms with Gasteiger partial charge in [-0.3, -0.25) is 33.7 Å². The number of amides is 3. The third-order valence-corrected chi connectivity index (χ3v) is 5.76. The van der Waals surface area contributed by atoms with E-state index in [1.165, 1.54) is 36.4 Å². The number of carbonyl (C=O) groups is 6. The quantitative estimate of drug-likeness (QED) is 0.352. The van der Waals surface area contributed by atoms with Gasteiger partial charge in [0.2, 0.25) is 0 Å². The molecule has 9 heteroatoms. The monoisotopic (exact) mass is 468 g/mol. The molecule has 0 saturated heterocycles. The van der Waals surface area contributed by atoms with Crippen LogP contribution in [0.25, 0.3) is 0 Å². The molecule has 35 heavy (non-hydrogen) atoms. The lowest BCUT2D eigenvalue weighted by atomic mass is 9.83. The molecule has 3 aromatic rings. The molecular weight excluding hydrogens is 452 g/mol. The number of imide groups is 1. The van der Waals surface area contributed by atoms with Gasteiger partial charge >= 0.3 is 5.97 Å². The van der Waals surface area contributed by atoms with Crippen LogP contribution in [0.5, 0.6) is 0 Å². The predicted octanol–water partition coefficient (Wildman–Crippen LogP) is 2.24. The van der Waals surface area contributed by atoms with Crippen molar-refractivity contribution in [3.05, 3.63) is 100 Å². The molecule has 0 unspecified atom stereocenters. The zero-order valence-electron chi connectivity index (χ0n) is 18.1. The Morgan fingerprint density at radius 1 is 0.686 bits per heavy atom. The molecule has 1 N–H and O–H groups in total. The summed E-state index contributed by atoms with van der Waals surface area (Å²) in [5, 5.41) is 2.50. The zero-order valence-corrected chi connectivity index (χ0v) is 18.1. The van der Waals surface area contributed by atoms with Crippen molar-refractivity contribution in [1.29, 1.82) is 0 Å². The summed E-state index contributed by atoms with van der Waals surface area (Å²) >= 11 is 0.